The number of benzene rings is 1. The quantitative estimate of drug-likeness (QED) is 0.824. The number of aliphatic hydroxyl groups is 1. The predicted molar refractivity (Wildman–Crippen MR) is 87.0 cm³/mol. The zero-order chi connectivity index (χ0) is 16.1. The van der Waals surface area contributed by atoms with Crippen LogP contribution in [0.25, 0.3) is 10.9 Å². The number of ether oxygens (including phenoxy) is 1. The Bertz CT molecular complexity index is 634. The fraction of sp³-hybridized carbons (Fsp3) is 0.471. The minimum Gasteiger partial charge on any atom is -0.497 e. The highest BCUT2D eigenvalue weighted by Crippen LogP contribution is 2.21. The molecule has 0 saturated carbocycles. The standard InChI is InChI=1S/C17H24N2O3/c1-12(8-13(2)20)10-18-17(21)11-19-7-6-14-9-15(22-3)4-5-16(14)19/h4-7,9,12-13,20H,8,10-11H2,1-3H3,(H,18,21). The van der Waals surface area contributed by atoms with E-state index in [1.54, 1.807) is 14.0 Å². The van der Waals surface area contributed by atoms with Crippen LogP contribution in [-0.4, -0.2) is 35.3 Å². The van der Waals surface area contributed by atoms with E-state index in [9.17, 15) is 9.90 Å². The molecule has 0 bridgehead atoms. The Kier molecular flexibility index (Phi) is 5.44. The lowest BCUT2D eigenvalue weighted by molar-refractivity contribution is -0.121. The number of nitrogens with zero attached hydrogens (tertiary/aromatic N) is 1. The molecule has 2 rings (SSSR count). The van der Waals surface area contributed by atoms with Gasteiger partial charge < -0.3 is 19.7 Å². The molecule has 5 heteroatoms. The van der Waals surface area contributed by atoms with E-state index < -0.39 is 0 Å². The number of amides is 1. The Morgan fingerprint density at radius 1 is 1.36 bits per heavy atom. The second kappa shape index (κ2) is 7.31. The van der Waals surface area contributed by atoms with Gasteiger partial charge in [0.2, 0.25) is 5.91 Å². The Labute approximate surface area is 130 Å². The minimum atomic E-state index is -0.338. The molecule has 0 spiro atoms. The van der Waals surface area contributed by atoms with Crippen molar-refractivity contribution in [2.45, 2.75) is 32.9 Å². The van der Waals surface area contributed by atoms with Crippen LogP contribution in [0.5, 0.6) is 5.75 Å². The molecule has 0 aliphatic carbocycles. The summed E-state index contributed by atoms with van der Waals surface area (Å²) < 4.78 is 7.12. The van der Waals surface area contributed by atoms with Crippen molar-refractivity contribution in [2.75, 3.05) is 13.7 Å². The van der Waals surface area contributed by atoms with Gasteiger partial charge >= 0.3 is 0 Å². The molecular weight excluding hydrogens is 280 g/mol. The van der Waals surface area contributed by atoms with Gasteiger partial charge in [0.25, 0.3) is 0 Å². The normalized spacial score (nSPS) is 13.8. The second-order valence-electron chi connectivity index (χ2n) is 5.86. The Balaban J connectivity index is 1.94. The smallest absolute Gasteiger partial charge is 0.239 e. The maximum Gasteiger partial charge on any atom is 0.239 e. The van der Waals surface area contributed by atoms with Gasteiger partial charge in [-0.15, -0.1) is 0 Å². The van der Waals surface area contributed by atoms with Crippen LogP contribution in [0, 0.1) is 5.92 Å². The molecule has 22 heavy (non-hydrogen) atoms. The number of aromatic nitrogens is 1. The molecule has 1 heterocycles. The number of hydrogen-bond donors (Lipinski definition) is 2. The monoisotopic (exact) mass is 304 g/mol. The van der Waals surface area contributed by atoms with Gasteiger partial charge in [-0.05, 0) is 43.5 Å². The molecule has 2 unspecified atom stereocenters. The molecule has 0 aliphatic rings. The summed E-state index contributed by atoms with van der Waals surface area (Å²) >= 11 is 0. The first-order chi connectivity index (χ1) is 10.5. The predicted octanol–water partition coefficient (Wildman–Crippen LogP) is 2.17. The second-order valence-corrected chi connectivity index (χ2v) is 5.86. The first-order valence-corrected chi connectivity index (χ1v) is 7.57. The van der Waals surface area contributed by atoms with Gasteiger partial charge in [0.05, 0.1) is 13.2 Å². The number of carbonyl (C=O) groups excluding carboxylic acids is 1. The van der Waals surface area contributed by atoms with Crippen LogP contribution in [0.1, 0.15) is 20.3 Å². The fourth-order valence-electron chi connectivity index (χ4n) is 2.61. The lowest BCUT2D eigenvalue weighted by Crippen LogP contribution is -2.32. The number of fused-ring (bicyclic) bond motifs is 1. The molecule has 0 radical (unpaired) electrons. The van der Waals surface area contributed by atoms with Crippen molar-refractivity contribution in [2.24, 2.45) is 5.92 Å². The van der Waals surface area contributed by atoms with Crippen molar-refractivity contribution in [3.8, 4) is 5.75 Å². The molecule has 2 aromatic rings. The third-order valence-corrected chi connectivity index (χ3v) is 3.68. The summed E-state index contributed by atoms with van der Waals surface area (Å²) in [5.74, 6) is 1.04. The van der Waals surface area contributed by atoms with Crippen molar-refractivity contribution < 1.29 is 14.6 Å². The summed E-state index contributed by atoms with van der Waals surface area (Å²) in [5, 5.41) is 13.3. The lowest BCUT2D eigenvalue weighted by Gasteiger charge is -2.14. The highest BCUT2D eigenvalue weighted by atomic mass is 16.5. The topological polar surface area (TPSA) is 63.5 Å². The molecule has 120 valence electrons. The molecule has 0 aliphatic heterocycles. The summed E-state index contributed by atoms with van der Waals surface area (Å²) in [5.41, 5.74) is 1.01. The highest BCUT2D eigenvalue weighted by Gasteiger charge is 2.10. The summed E-state index contributed by atoms with van der Waals surface area (Å²) in [4.78, 5) is 12.0. The molecule has 1 aromatic carbocycles. The number of methoxy groups -OCH3 is 1. The number of carbonyl (C=O) groups is 1. The summed E-state index contributed by atoms with van der Waals surface area (Å²) in [6.45, 7) is 4.65. The zero-order valence-corrected chi connectivity index (χ0v) is 13.4. The lowest BCUT2D eigenvalue weighted by atomic mass is 10.1. The van der Waals surface area contributed by atoms with Gasteiger partial charge in [0, 0.05) is 23.6 Å². The molecular formula is C17H24N2O3. The Morgan fingerprint density at radius 3 is 2.82 bits per heavy atom. The van der Waals surface area contributed by atoms with E-state index in [0.29, 0.717) is 13.0 Å². The largest absolute Gasteiger partial charge is 0.497 e. The molecule has 1 aromatic heterocycles. The maximum absolute atomic E-state index is 12.0. The van der Waals surface area contributed by atoms with Gasteiger partial charge in [0.1, 0.15) is 12.3 Å². The molecule has 2 N–H and O–H groups in total. The first-order valence-electron chi connectivity index (χ1n) is 7.57. The number of aliphatic hydroxyl groups excluding tert-OH is 1. The van der Waals surface area contributed by atoms with E-state index in [-0.39, 0.29) is 24.5 Å². The van der Waals surface area contributed by atoms with Gasteiger partial charge in [0.15, 0.2) is 0 Å². The van der Waals surface area contributed by atoms with Crippen LogP contribution in [0.2, 0.25) is 0 Å². The molecule has 1 amide bonds. The van der Waals surface area contributed by atoms with Crippen LogP contribution in [0.4, 0.5) is 0 Å². The first kappa shape index (κ1) is 16.4. The maximum atomic E-state index is 12.0. The summed E-state index contributed by atoms with van der Waals surface area (Å²) in [7, 11) is 1.64. The Hall–Kier alpha value is -2.01. The van der Waals surface area contributed by atoms with Crippen molar-refractivity contribution >= 4 is 16.8 Å². The van der Waals surface area contributed by atoms with Crippen LogP contribution < -0.4 is 10.1 Å². The van der Waals surface area contributed by atoms with Crippen LogP contribution >= 0.6 is 0 Å². The van der Waals surface area contributed by atoms with E-state index in [1.165, 1.54) is 0 Å². The minimum absolute atomic E-state index is 0.0224. The van der Waals surface area contributed by atoms with Crippen LogP contribution in [0.3, 0.4) is 0 Å². The van der Waals surface area contributed by atoms with Gasteiger partial charge in [-0.3, -0.25) is 4.79 Å². The van der Waals surface area contributed by atoms with E-state index in [4.69, 9.17) is 4.74 Å². The van der Waals surface area contributed by atoms with Crippen LogP contribution in [0.15, 0.2) is 30.5 Å². The van der Waals surface area contributed by atoms with Crippen LogP contribution in [-0.2, 0) is 11.3 Å². The van der Waals surface area contributed by atoms with E-state index in [1.807, 2.05) is 42.0 Å². The van der Waals surface area contributed by atoms with Crippen molar-refractivity contribution in [3.63, 3.8) is 0 Å². The average molecular weight is 304 g/mol. The van der Waals surface area contributed by atoms with E-state index in [2.05, 4.69) is 5.32 Å². The van der Waals surface area contributed by atoms with Crippen molar-refractivity contribution in [1.29, 1.82) is 0 Å². The molecule has 0 saturated heterocycles. The van der Waals surface area contributed by atoms with Gasteiger partial charge in [-0.2, -0.15) is 0 Å². The third-order valence-electron chi connectivity index (χ3n) is 3.68. The van der Waals surface area contributed by atoms with Gasteiger partial charge in [-0.1, -0.05) is 6.92 Å². The number of rotatable bonds is 7. The number of nitrogens with one attached hydrogen (secondary N) is 1. The zero-order valence-electron chi connectivity index (χ0n) is 13.4. The fourth-order valence-corrected chi connectivity index (χ4v) is 2.61. The molecule has 0 fully saturated rings. The van der Waals surface area contributed by atoms with Crippen molar-refractivity contribution in [1.82, 2.24) is 9.88 Å². The average Bonchev–Trinajstić information content (AvgIpc) is 2.86. The van der Waals surface area contributed by atoms with E-state index in [0.717, 1.165) is 16.7 Å². The summed E-state index contributed by atoms with van der Waals surface area (Å²) in [6.07, 6.45) is 2.25. The number of hydrogen-bond acceptors (Lipinski definition) is 3. The molecule has 5 nitrogen and oxygen atoms in total. The SMILES string of the molecule is COc1ccc2c(ccn2CC(=O)NCC(C)CC(C)O)c1. The van der Waals surface area contributed by atoms with Crippen molar-refractivity contribution in [3.05, 3.63) is 30.5 Å². The molecule has 2 atom stereocenters. The van der Waals surface area contributed by atoms with Gasteiger partial charge in [-0.25, -0.2) is 0 Å². The highest BCUT2D eigenvalue weighted by molar-refractivity contribution is 5.84. The van der Waals surface area contributed by atoms with E-state index >= 15 is 0 Å². The summed E-state index contributed by atoms with van der Waals surface area (Å²) in [6, 6.07) is 7.77. The Morgan fingerprint density at radius 2 is 2.14 bits per heavy atom. The third kappa shape index (κ3) is 4.24.